The molecule has 1 aliphatic rings. The van der Waals surface area contributed by atoms with E-state index in [1.54, 1.807) is 0 Å². The molecule has 0 amide bonds. The fourth-order valence-corrected chi connectivity index (χ4v) is 0.303. The molecule has 1 radical (unpaired) electrons. The predicted molar refractivity (Wildman–Crippen MR) is 43.8 cm³/mol. The normalized spacial score (nSPS) is 12.0. The molecular weight excluding hydrogens is 187 g/mol. The Morgan fingerprint density at radius 3 is 1.77 bits per heavy atom. The maximum absolute atomic E-state index is 9.92. The van der Waals surface area contributed by atoms with E-state index in [1.165, 1.54) is 0 Å². The summed E-state index contributed by atoms with van der Waals surface area (Å²) in [5, 5.41) is 7.60. The van der Waals surface area contributed by atoms with Gasteiger partial charge < -0.3 is 9.84 Å². The molecule has 0 aromatic heterocycles. The average molecular weight is 193 g/mol. The Labute approximate surface area is 96.4 Å². The van der Waals surface area contributed by atoms with E-state index in [0.717, 1.165) is 18.2 Å². The van der Waals surface area contributed by atoms with Crippen LogP contribution in [0.1, 0.15) is 0 Å². The van der Waals surface area contributed by atoms with Gasteiger partial charge in [-0.1, -0.05) is 6.58 Å². The van der Waals surface area contributed by atoms with E-state index in [0.29, 0.717) is 0 Å². The first kappa shape index (κ1) is 14.6. The minimum Gasteiger partial charge on any atom is -0.478 e. The van der Waals surface area contributed by atoms with Gasteiger partial charge in [0.1, 0.15) is 0 Å². The molecule has 0 saturated carbocycles. The van der Waals surface area contributed by atoms with Gasteiger partial charge in [0.25, 0.3) is 0 Å². The molecule has 0 fully saturated rings. The van der Waals surface area contributed by atoms with Gasteiger partial charge in [-0.15, -0.1) is 0 Å². The zero-order valence-corrected chi connectivity index (χ0v) is 9.02. The third kappa shape index (κ3) is 9.00. The summed E-state index contributed by atoms with van der Waals surface area (Å²) in [6, 6.07) is 0. The van der Waals surface area contributed by atoms with Crippen molar-refractivity contribution in [3.05, 3.63) is 24.8 Å². The third-order valence-corrected chi connectivity index (χ3v) is 0.731. The smallest absolute Gasteiger partial charge is 0.338 e. The standard InChI is InChI=1S/C4H2O3.C3H4O2.Na/c5-3-1-2-4(6)7-3;1-2-3(4)5;/h1-2H;2H,1H2,(H,4,5);. The van der Waals surface area contributed by atoms with Gasteiger partial charge in [0, 0.05) is 47.8 Å². The first-order valence-electron chi connectivity index (χ1n) is 2.85. The van der Waals surface area contributed by atoms with Crippen LogP contribution in [0.3, 0.4) is 0 Å². The quantitative estimate of drug-likeness (QED) is 0.263. The summed E-state index contributed by atoms with van der Waals surface area (Å²) < 4.78 is 3.97. The Balaban J connectivity index is 0. The molecule has 0 bridgehead atoms. The van der Waals surface area contributed by atoms with Crippen molar-refractivity contribution >= 4 is 47.5 Å². The first-order valence-corrected chi connectivity index (χ1v) is 2.85. The van der Waals surface area contributed by atoms with Crippen molar-refractivity contribution in [2.45, 2.75) is 0 Å². The van der Waals surface area contributed by atoms with Gasteiger partial charge in [0.05, 0.1) is 0 Å². The maximum atomic E-state index is 9.92. The number of rotatable bonds is 1. The van der Waals surface area contributed by atoms with E-state index in [-0.39, 0.29) is 29.6 Å². The first-order chi connectivity index (χ1) is 5.56. The fourth-order valence-electron chi connectivity index (χ4n) is 0.303. The van der Waals surface area contributed by atoms with Gasteiger partial charge in [0.15, 0.2) is 0 Å². The Hall–Kier alpha value is -0.910. The van der Waals surface area contributed by atoms with E-state index in [2.05, 4.69) is 11.3 Å². The molecule has 0 unspecified atom stereocenters. The largest absolute Gasteiger partial charge is 0.478 e. The van der Waals surface area contributed by atoms with Gasteiger partial charge >= 0.3 is 17.9 Å². The van der Waals surface area contributed by atoms with Crippen LogP contribution in [0.15, 0.2) is 24.8 Å². The number of hydrogen-bond acceptors (Lipinski definition) is 4. The van der Waals surface area contributed by atoms with Crippen molar-refractivity contribution in [3.63, 3.8) is 0 Å². The van der Waals surface area contributed by atoms with Gasteiger partial charge in [-0.25, -0.2) is 14.4 Å². The van der Waals surface area contributed by atoms with Crippen molar-refractivity contribution in [2.24, 2.45) is 0 Å². The molecule has 1 aliphatic heterocycles. The maximum Gasteiger partial charge on any atom is 0.338 e. The number of esters is 2. The zero-order valence-electron chi connectivity index (χ0n) is 7.02. The van der Waals surface area contributed by atoms with Crippen LogP contribution in [0, 0.1) is 0 Å². The molecule has 1 rings (SSSR count). The number of cyclic esters (lactones) is 2. The van der Waals surface area contributed by atoms with Gasteiger partial charge in [-0.2, -0.15) is 0 Å². The molecule has 0 aliphatic carbocycles. The van der Waals surface area contributed by atoms with Crippen LogP contribution in [-0.4, -0.2) is 52.6 Å². The van der Waals surface area contributed by atoms with Gasteiger partial charge in [-0.3, -0.25) is 0 Å². The number of ether oxygens (including phenoxy) is 1. The number of carboxylic acid groups (broad SMARTS) is 1. The summed E-state index contributed by atoms with van der Waals surface area (Å²) in [7, 11) is 0. The van der Waals surface area contributed by atoms with Crippen molar-refractivity contribution in [3.8, 4) is 0 Å². The van der Waals surface area contributed by atoms with Crippen molar-refractivity contribution in [2.75, 3.05) is 0 Å². The molecular formula is C7H6NaO5. The van der Waals surface area contributed by atoms with Crippen LogP contribution in [0.4, 0.5) is 0 Å². The van der Waals surface area contributed by atoms with Crippen molar-refractivity contribution in [1.82, 2.24) is 0 Å². The second kappa shape index (κ2) is 7.72. The second-order valence-corrected chi connectivity index (χ2v) is 1.62. The summed E-state index contributed by atoms with van der Waals surface area (Å²) in [5.74, 6) is -2.14. The van der Waals surface area contributed by atoms with Crippen molar-refractivity contribution < 1.29 is 24.2 Å². The summed E-state index contributed by atoms with van der Waals surface area (Å²) in [5.41, 5.74) is 0. The Morgan fingerprint density at radius 2 is 1.69 bits per heavy atom. The van der Waals surface area contributed by atoms with Crippen molar-refractivity contribution in [1.29, 1.82) is 0 Å². The fraction of sp³-hybridized carbons (Fsp3) is 0. The summed E-state index contributed by atoms with van der Waals surface area (Å²) in [6.45, 7) is 2.96. The number of carbonyl (C=O) groups is 3. The predicted octanol–water partition coefficient (Wildman–Crippen LogP) is -0.498. The van der Waals surface area contributed by atoms with Crippen LogP contribution in [0.25, 0.3) is 0 Å². The van der Waals surface area contributed by atoms with E-state index in [9.17, 15) is 14.4 Å². The summed E-state index contributed by atoms with van der Waals surface area (Å²) in [6.07, 6.45) is 3.00. The monoisotopic (exact) mass is 193 g/mol. The molecule has 1 N–H and O–H groups in total. The SMILES string of the molecule is C=CC(=O)O.O=C1C=CC(=O)O1.[Na]. The van der Waals surface area contributed by atoms with Crippen LogP contribution < -0.4 is 0 Å². The Kier molecular flexibility index (Phi) is 8.68. The molecule has 0 spiro atoms. The van der Waals surface area contributed by atoms with E-state index in [4.69, 9.17) is 5.11 Å². The molecule has 0 atom stereocenters. The molecule has 0 aromatic rings. The second-order valence-electron chi connectivity index (χ2n) is 1.62. The third-order valence-electron chi connectivity index (χ3n) is 0.731. The number of hydrogen-bond donors (Lipinski definition) is 1. The molecule has 1 heterocycles. The molecule has 13 heavy (non-hydrogen) atoms. The Bertz CT molecular complexity index is 240. The molecule has 0 saturated heterocycles. The minimum absolute atomic E-state index is 0. The van der Waals surface area contributed by atoms with E-state index < -0.39 is 17.9 Å². The molecule has 0 aromatic carbocycles. The average Bonchev–Trinajstić information content (AvgIpc) is 2.36. The molecule has 5 nitrogen and oxygen atoms in total. The van der Waals surface area contributed by atoms with Gasteiger partial charge in [0.2, 0.25) is 0 Å². The van der Waals surface area contributed by atoms with Crippen LogP contribution >= 0.6 is 0 Å². The molecule has 6 heteroatoms. The van der Waals surface area contributed by atoms with Gasteiger partial charge in [-0.05, 0) is 0 Å². The van der Waals surface area contributed by atoms with Crippen LogP contribution in [0.5, 0.6) is 0 Å². The van der Waals surface area contributed by atoms with Crippen LogP contribution in [-0.2, 0) is 19.1 Å². The summed E-state index contributed by atoms with van der Waals surface area (Å²) >= 11 is 0. The minimum atomic E-state index is -0.981. The summed E-state index contributed by atoms with van der Waals surface area (Å²) in [4.78, 5) is 29.1. The van der Waals surface area contributed by atoms with Crippen LogP contribution in [0.2, 0.25) is 0 Å². The topological polar surface area (TPSA) is 80.7 Å². The number of carboxylic acids is 1. The molecule has 65 valence electrons. The van der Waals surface area contributed by atoms with E-state index >= 15 is 0 Å². The zero-order chi connectivity index (χ0) is 9.56. The van der Waals surface area contributed by atoms with E-state index in [1.807, 2.05) is 0 Å². The number of carbonyl (C=O) groups excluding carboxylic acids is 2. The number of aliphatic carboxylic acids is 1. The Morgan fingerprint density at radius 1 is 1.38 bits per heavy atom.